The van der Waals surface area contributed by atoms with Crippen molar-refractivity contribution in [3.05, 3.63) is 23.7 Å². The highest BCUT2D eigenvalue weighted by Gasteiger charge is 2.11. The summed E-state index contributed by atoms with van der Waals surface area (Å²) in [6, 6.07) is 2.12. The van der Waals surface area contributed by atoms with Crippen LogP contribution in [0, 0.1) is 5.92 Å². The molecular formula is C17H33N3O. The second kappa shape index (κ2) is 9.98. The number of nitrogens with one attached hydrogen (secondary N) is 1. The summed E-state index contributed by atoms with van der Waals surface area (Å²) in [6.07, 6.45) is 3.00. The minimum Gasteiger partial charge on any atom is -0.468 e. The zero-order valence-electron chi connectivity index (χ0n) is 14.5. The minimum atomic E-state index is 0.667. The van der Waals surface area contributed by atoms with Crippen LogP contribution < -0.4 is 5.32 Å². The summed E-state index contributed by atoms with van der Waals surface area (Å²) >= 11 is 0. The van der Waals surface area contributed by atoms with Gasteiger partial charge in [0.05, 0.1) is 12.8 Å². The van der Waals surface area contributed by atoms with Gasteiger partial charge >= 0.3 is 0 Å². The van der Waals surface area contributed by atoms with Crippen LogP contribution in [0.15, 0.2) is 16.7 Å². The lowest BCUT2D eigenvalue weighted by atomic mass is 10.2. The summed E-state index contributed by atoms with van der Waals surface area (Å²) in [7, 11) is 4.26. The van der Waals surface area contributed by atoms with E-state index in [0.717, 1.165) is 45.0 Å². The van der Waals surface area contributed by atoms with Crippen molar-refractivity contribution < 1.29 is 4.42 Å². The van der Waals surface area contributed by atoms with Gasteiger partial charge < -0.3 is 14.6 Å². The molecule has 1 N–H and O–H groups in total. The summed E-state index contributed by atoms with van der Waals surface area (Å²) < 4.78 is 5.65. The van der Waals surface area contributed by atoms with Gasteiger partial charge in [-0.1, -0.05) is 20.8 Å². The summed E-state index contributed by atoms with van der Waals surface area (Å²) in [5, 5.41) is 3.46. The second-order valence-electron chi connectivity index (χ2n) is 6.47. The molecule has 4 nitrogen and oxygen atoms in total. The lowest BCUT2D eigenvalue weighted by Crippen LogP contribution is -2.32. The Kier molecular flexibility index (Phi) is 8.66. The third-order valence-corrected chi connectivity index (χ3v) is 3.47. The van der Waals surface area contributed by atoms with Gasteiger partial charge in [0.25, 0.3) is 0 Å². The predicted molar refractivity (Wildman–Crippen MR) is 89.4 cm³/mol. The molecule has 0 aliphatic rings. The van der Waals surface area contributed by atoms with Crippen molar-refractivity contribution in [3.8, 4) is 0 Å². The molecule has 0 aliphatic carbocycles. The minimum absolute atomic E-state index is 0.667. The lowest BCUT2D eigenvalue weighted by molar-refractivity contribution is 0.232. The first kappa shape index (κ1) is 18.2. The summed E-state index contributed by atoms with van der Waals surface area (Å²) in [5.41, 5.74) is 1.32. The van der Waals surface area contributed by atoms with E-state index in [1.807, 2.05) is 6.26 Å². The molecule has 1 aromatic rings. The average molecular weight is 295 g/mol. The van der Waals surface area contributed by atoms with E-state index in [4.69, 9.17) is 4.42 Å². The number of nitrogens with zero attached hydrogens (tertiary/aromatic N) is 2. The molecule has 0 bridgehead atoms. The number of hydrogen-bond acceptors (Lipinski definition) is 4. The molecule has 1 aromatic heterocycles. The van der Waals surface area contributed by atoms with E-state index in [-0.39, 0.29) is 0 Å². The van der Waals surface area contributed by atoms with Gasteiger partial charge in [0.1, 0.15) is 5.76 Å². The fourth-order valence-corrected chi connectivity index (χ4v) is 2.31. The Morgan fingerprint density at radius 2 is 1.95 bits per heavy atom. The van der Waals surface area contributed by atoms with Crippen LogP contribution in [0.2, 0.25) is 0 Å². The number of rotatable bonds is 11. The van der Waals surface area contributed by atoms with Gasteiger partial charge in [-0.3, -0.25) is 4.90 Å². The van der Waals surface area contributed by atoms with Crippen LogP contribution in [0.1, 0.15) is 38.5 Å². The highest BCUT2D eigenvalue weighted by molar-refractivity contribution is 5.16. The number of hydrogen-bond donors (Lipinski definition) is 1. The van der Waals surface area contributed by atoms with Crippen molar-refractivity contribution in [2.45, 2.75) is 40.3 Å². The Hall–Kier alpha value is -0.840. The fourth-order valence-electron chi connectivity index (χ4n) is 2.31. The van der Waals surface area contributed by atoms with Crippen LogP contribution in [0.5, 0.6) is 0 Å². The standard InChI is InChI=1S/C17H33N3O/c1-6-8-20(10-9-19(4)5)14-16-7-11-21-17(16)13-18-12-15(2)3/h7,11,15,18H,6,8-10,12-14H2,1-5H3. The second-order valence-corrected chi connectivity index (χ2v) is 6.47. The van der Waals surface area contributed by atoms with E-state index in [0.29, 0.717) is 5.92 Å². The Bertz CT molecular complexity index is 374. The first-order valence-corrected chi connectivity index (χ1v) is 8.16. The Labute approximate surface area is 130 Å². The van der Waals surface area contributed by atoms with Crippen LogP contribution in [-0.2, 0) is 13.1 Å². The highest BCUT2D eigenvalue weighted by atomic mass is 16.3. The molecule has 0 radical (unpaired) electrons. The SMILES string of the molecule is CCCN(CCN(C)C)Cc1ccoc1CNCC(C)C. The van der Waals surface area contributed by atoms with Gasteiger partial charge in [0.2, 0.25) is 0 Å². The predicted octanol–water partition coefficient (Wildman–Crippen LogP) is 2.80. The Balaban J connectivity index is 2.52. The maximum atomic E-state index is 5.65. The van der Waals surface area contributed by atoms with Crippen LogP contribution in [0.3, 0.4) is 0 Å². The molecule has 0 atom stereocenters. The maximum Gasteiger partial charge on any atom is 0.122 e. The van der Waals surface area contributed by atoms with Crippen molar-refractivity contribution in [1.29, 1.82) is 0 Å². The molecule has 0 spiro atoms. The van der Waals surface area contributed by atoms with Gasteiger partial charge in [-0.15, -0.1) is 0 Å². The van der Waals surface area contributed by atoms with Crippen LogP contribution >= 0.6 is 0 Å². The van der Waals surface area contributed by atoms with Crippen LogP contribution in [0.4, 0.5) is 0 Å². The molecule has 0 aliphatic heterocycles. The van der Waals surface area contributed by atoms with E-state index in [1.54, 1.807) is 0 Å². The van der Waals surface area contributed by atoms with Crippen LogP contribution in [-0.4, -0.2) is 50.1 Å². The fraction of sp³-hybridized carbons (Fsp3) is 0.765. The zero-order valence-corrected chi connectivity index (χ0v) is 14.5. The molecular weight excluding hydrogens is 262 g/mol. The molecule has 0 unspecified atom stereocenters. The molecule has 122 valence electrons. The lowest BCUT2D eigenvalue weighted by Gasteiger charge is -2.23. The van der Waals surface area contributed by atoms with Crippen molar-refractivity contribution in [2.75, 3.05) is 40.3 Å². The third kappa shape index (κ3) is 7.65. The first-order valence-electron chi connectivity index (χ1n) is 8.16. The van der Waals surface area contributed by atoms with Gasteiger partial charge in [0, 0.05) is 25.2 Å². The Morgan fingerprint density at radius 1 is 1.19 bits per heavy atom. The van der Waals surface area contributed by atoms with Crippen molar-refractivity contribution in [3.63, 3.8) is 0 Å². The highest BCUT2D eigenvalue weighted by Crippen LogP contribution is 2.14. The maximum absolute atomic E-state index is 5.65. The van der Waals surface area contributed by atoms with E-state index in [9.17, 15) is 0 Å². The summed E-state index contributed by atoms with van der Waals surface area (Å²) in [5.74, 6) is 1.75. The molecule has 0 amide bonds. The van der Waals surface area contributed by atoms with Crippen molar-refractivity contribution >= 4 is 0 Å². The smallest absolute Gasteiger partial charge is 0.122 e. The summed E-state index contributed by atoms with van der Waals surface area (Å²) in [4.78, 5) is 4.75. The normalized spacial score (nSPS) is 12.0. The van der Waals surface area contributed by atoms with Gasteiger partial charge in [-0.05, 0) is 45.6 Å². The molecule has 1 rings (SSSR count). The molecule has 0 saturated carbocycles. The van der Waals surface area contributed by atoms with E-state index in [1.165, 1.54) is 12.0 Å². The van der Waals surface area contributed by atoms with Gasteiger partial charge in [-0.2, -0.15) is 0 Å². The van der Waals surface area contributed by atoms with E-state index >= 15 is 0 Å². The van der Waals surface area contributed by atoms with Crippen molar-refractivity contribution in [1.82, 2.24) is 15.1 Å². The topological polar surface area (TPSA) is 31.6 Å². The van der Waals surface area contributed by atoms with E-state index in [2.05, 4.69) is 56.0 Å². The monoisotopic (exact) mass is 295 g/mol. The van der Waals surface area contributed by atoms with E-state index < -0.39 is 0 Å². The van der Waals surface area contributed by atoms with Gasteiger partial charge in [-0.25, -0.2) is 0 Å². The molecule has 0 saturated heterocycles. The molecule has 4 heteroatoms. The zero-order chi connectivity index (χ0) is 15.7. The van der Waals surface area contributed by atoms with Crippen molar-refractivity contribution in [2.24, 2.45) is 5.92 Å². The molecule has 0 fully saturated rings. The number of furan rings is 1. The molecule has 21 heavy (non-hydrogen) atoms. The first-order chi connectivity index (χ1) is 10.0. The molecule has 1 heterocycles. The summed E-state index contributed by atoms with van der Waals surface area (Å²) in [6.45, 7) is 12.9. The largest absolute Gasteiger partial charge is 0.468 e. The third-order valence-electron chi connectivity index (χ3n) is 3.47. The number of likely N-dealkylation sites (N-methyl/N-ethyl adjacent to an activating group) is 1. The average Bonchev–Trinajstić information content (AvgIpc) is 2.83. The Morgan fingerprint density at radius 3 is 2.57 bits per heavy atom. The van der Waals surface area contributed by atoms with Gasteiger partial charge in [0.15, 0.2) is 0 Å². The molecule has 0 aromatic carbocycles. The quantitative estimate of drug-likeness (QED) is 0.680. The van der Waals surface area contributed by atoms with Crippen LogP contribution in [0.25, 0.3) is 0 Å².